The summed E-state index contributed by atoms with van der Waals surface area (Å²) in [5.74, 6) is 0. The van der Waals surface area contributed by atoms with Crippen molar-refractivity contribution in [3.8, 4) is 0 Å². The second-order valence-electron chi connectivity index (χ2n) is 4.76. The average Bonchev–Trinajstić information content (AvgIpc) is 2.91. The first-order valence-corrected chi connectivity index (χ1v) is 7.52. The highest BCUT2D eigenvalue weighted by Gasteiger charge is 2.33. The van der Waals surface area contributed by atoms with Crippen LogP contribution in [0.3, 0.4) is 0 Å². The van der Waals surface area contributed by atoms with Gasteiger partial charge in [-0.05, 0) is 36.8 Å². The number of alkyl halides is 3. The first kappa shape index (κ1) is 14.8. The van der Waals surface area contributed by atoms with E-state index in [0.717, 1.165) is 6.07 Å². The highest BCUT2D eigenvalue weighted by molar-refractivity contribution is 7.83. The Morgan fingerprint density at radius 2 is 1.82 bits per heavy atom. The van der Waals surface area contributed by atoms with E-state index in [0.29, 0.717) is 15.8 Å². The van der Waals surface area contributed by atoms with Crippen LogP contribution in [0.15, 0.2) is 53.6 Å². The first-order valence-electron chi connectivity index (χ1n) is 6.41. The van der Waals surface area contributed by atoms with E-state index in [-0.39, 0.29) is 5.65 Å². The third kappa shape index (κ3) is 2.52. The largest absolute Gasteiger partial charge is 0.433 e. The van der Waals surface area contributed by atoms with E-state index in [1.54, 1.807) is 43.3 Å². The van der Waals surface area contributed by atoms with Crippen LogP contribution in [-0.2, 0) is 17.2 Å². The number of fused-ring (bicyclic) bond motifs is 1. The number of pyridine rings is 1. The maximum Gasteiger partial charge on any atom is 0.433 e. The molecule has 0 aliphatic carbocycles. The van der Waals surface area contributed by atoms with Crippen LogP contribution in [0.5, 0.6) is 0 Å². The highest BCUT2D eigenvalue weighted by Crippen LogP contribution is 2.31. The van der Waals surface area contributed by atoms with Gasteiger partial charge in [0.2, 0.25) is 0 Å². The number of hydrogen-bond donors (Lipinski definition) is 0. The van der Waals surface area contributed by atoms with Gasteiger partial charge in [-0.25, -0.2) is 13.2 Å². The molecule has 114 valence electrons. The number of aryl methyl sites for hydroxylation is 1. The van der Waals surface area contributed by atoms with Crippen LogP contribution in [0.4, 0.5) is 13.2 Å². The first-order chi connectivity index (χ1) is 10.4. The van der Waals surface area contributed by atoms with Crippen molar-refractivity contribution in [1.82, 2.24) is 8.96 Å². The summed E-state index contributed by atoms with van der Waals surface area (Å²) in [7, 11) is -1.65. The Labute approximate surface area is 127 Å². The van der Waals surface area contributed by atoms with Crippen molar-refractivity contribution in [2.45, 2.75) is 18.0 Å². The number of benzene rings is 1. The molecule has 0 amide bonds. The zero-order chi connectivity index (χ0) is 15.9. The van der Waals surface area contributed by atoms with Gasteiger partial charge in [-0.2, -0.15) is 13.2 Å². The quantitative estimate of drug-likeness (QED) is 0.716. The van der Waals surface area contributed by atoms with E-state index in [2.05, 4.69) is 4.98 Å². The minimum Gasteiger partial charge on any atom is -0.246 e. The normalized spacial score (nSPS) is 13.5. The maximum absolute atomic E-state index is 12.9. The Bertz CT molecular complexity index is 856. The lowest BCUT2D eigenvalue weighted by atomic mass is 10.2. The molecule has 3 nitrogen and oxygen atoms in total. The summed E-state index contributed by atoms with van der Waals surface area (Å²) >= 11 is 0. The molecule has 1 unspecified atom stereocenters. The third-order valence-corrected chi connectivity index (χ3v) is 4.57. The van der Waals surface area contributed by atoms with Gasteiger partial charge in [0, 0.05) is 11.6 Å². The van der Waals surface area contributed by atoms with Crippen molar-refractivity contribution in [3.63, 3.8) is 0 Å². The van der Waals surface area contributed by atoms with E-state index in [1.165, 1.54) is 10.2 Å². The molecule has 2 aromatic heterocycles. The molecule has 7 heteroatoms. The van der Waals surface area contributed by atoms with Crippen molar-refractivity contribution in [1.29, 1.82) is 0 Å². The van der Waals surface area contributed by atoms with Gasteiger partial charge in [-0.1, -0.05) is 18.2 Å². The second-order valence-corrected chi connectivity index (χ2v) is 6.13. The van der Waals surface area contributed by atoms with Gasteiger partial charge in [-0.15, -0.1) is 0 Å². The third-order valence-electron chi connectivity index (χ3n) is 3.24. The van der Waals surface area contributed by atoms with Crippen LogP contribution >= 0.6 is 0 Å². The zero-order valence-corrected chi connectivity index (χ0v) is 12.3. The predicted octanol–water partition coefficient (Wildman–Crippen LogP) is 3.93. The number of halogens is 3. The molecule has 0 radical (unpaired) electrons. The van der Waals surface area contributed by atoms with E-state index in [4.69, 9.17) is 0 Å². The molecule has 0 saturated heterocycles. The second kappa shape index (κ2) is 5.24. The fraction of sp³-hybridized carbons (Fsp3) is 0.133. The van der Waals surface area contributed by atoms with Crippen molar-refractivity contribution >= 4 is 22.0 Å². The van der Waals surface area contributed by atoms with Gasteiger partial charge >= 0.3 is 6.18 Å². The Balaban J connectivity index is 2.19. The van der Waals surface area contributed by atoms with Crippen molar-refractivity contribution in [3.05, 3.63) is 59.9 Å². The number of aromatic nitrogens is 2. The smallest absolute Gasteiger partial charge is 0.246 e. The molecule has 0 fully saturated rings. The molecule has 0 spiro atoms. The molecule has 3 rings (SSSR count). The van der Waals surface area contributed by atoms with E-state index in [9.17, 15) is 17.4 Å². The summed E-state index contributed by atoms with van der Waals surface area (Å²) in [6.07, 6.45) is -3.05. The van der Waals surface area contributed by atoms with Gasteiger partial charge in [0.25, 0.3) is 0 Å². The Morgan fingerprint density at radius 1 is 1.14 bits per heavy atom. The van der Waals surface area contributed by atoms with Crippen LogP contribution in [0.25, 0.3) is 11.0 Å². The molecular formula is C15H11F3N2OS. The summed E-state index contributed by atoms with van der Waals surface area (Å²) in [5.41, 5.74) is -0.474. The van der Waals surface area contributed by atoms with Gasteiger partial charge in [-0.3, -0.25) is 0 Å². The minimum absolute atomic E-state index is 0.0644. The van der Waals surface area contributed by atoms with Crippen molar-refractivity contribution in [2.24, 2.45) is 0 Å². The average molecular weight is 324 g/mol. The van der Waals surface area contributed by atoms with Crippen LogP contribution in [0.2, 0.25) is 0 Å². The zero-order valence-electron chi connectivity index (χ0n) is 11.5. The maximum atomic E-state index is 12.9. The fourth-order valence-electron chi connectivity index (χ4n) is 2.18. The van der Waals surface area contributed by atoms with Crippen LogP contribution in [0.1, 0.15) is 11.3 Å². The van der Waals surface area contributed by atoms with Crippen LogP contribution < -0.4 is 0 Å². The lowest BCUT2D eigenvalue weighted by Crippen LogP contribution is -2.11. The predicted molar refractivity (Wildman–Crippen MR) is 77.7 cm³/mol. The topological polar surface area (TPSA) is 34.9 Å². The summed E-state index contributed by atoms with van der Waals surface area (Å²) < 4.78 is 52.5. The molecule has 0 aliphatic rings. The van der Waals surface area contributed by atoms with Gasteiger partial charge in [0.15, 0.2) is 16.6 Å². The van der Waals surface area contributed by atoms with Gasteiger partial charge < -0.3 is 0 Å². The molecule has 1 aromatic carbocycles. The standard InChI is InChI=1S/C15H11F3N2OS/c1-10-9-13(15(16,17)18)19-14-12(10)7-8-20(14)22(21)11-5-3-2-4-6-11/h2-9H,1H3. The molecule has 0 saturated carbocycles. The number of hydrogen-bond acceptors (Lipinski definition) is 2. The monoisotopic (exact) mass is 324 g/mol. The van der Waals surface area contributed by atoms with Gasteiger partial charge in [0.1, 0.15) is 5.69 Å². The molecule has 2 heterocycles. The number of rotatable bonds is 2. The molecule has 22 heavy (non-hydrogen) atoms. The van der Waals surface area contributed by atoms with Crippen LogP contribution in [-0.4, -0.2) is 13.2 Å². The highest BCUT2D eigenvalue weighted by atomic mass is 32.2. The lowest BCUT2D eigenvalue weighted by molar-refractivity contribution is -0.141. The molecule has 0 aliphatic heterocycles. The molecule has 0 bridgehead atoms. The Morgan fingerprint density at radius 3 is 2.45 bits per heavy atom. The van der Waals surface area contributed by atoms with E-state index < -0.39 is 22.9 Å². The van der Waals surface area contributed by atoms with Crippen molar-refractivity contribution < 1.29 is 17.4 Å². The summed E-state index contributed by atoms with van der Waals surface area (Å²) in [4.78, 5) is 4.16. The summed E-state index contributed by atoms with van der Waals surface area (Å²) in [5, 5.41) is 0.553. The summed E-state index contributed by atoms with van der Waals surface area (Å²) in [6.45, 7) is 1.58. The fourth-order valence-corrected chi connectivity index (χ4v) is 3.27. The molecule has 0 N–H and O–H groups in total. The van der Waals surface area contributed by atoms with Crippen LogP contribution in [0, 0.1) is 6.92 Å². The minimum atomic E-state index is -4.54. The molecule has 3 aromatic rings. The molecular weight excluding hydrogens is 313 g/mol. The molecule has 1 atom stereocenters. The van der Waals surface area contributed by atoms with Crippen molar-refractivity contribution in [2.75, 3.05) is 0 Å². The lowest BCUT2D eigenvalue weighted by Gasteiger charge is -2.09. The van der Waals surface area contributed by atoms with E-state index >= 15 is 0 Å². The Hall–Kier alpha value is -2.15. The van der Waals surface area contributed by atoms with E-state index in [1.807, 2.05) is 0 Å². The SMILES string of the molecule is Cc1cc(C(F)(F)F)nc2c1ccn2S(=O)c1ccccc1. The van der Waals surface area contributed by atoms with Gasteiger partial charge in [0.05, 0.1) is 4.90 Å². The number of nitrogens with zero attached hydrogens (tertiary/aromatic N) is 2. The Kier molecular flexibility index (Phi) is 3.52. The summed E-state index contributed by atoms with van der Waals surface area (Å²) in [6, 6.07) is 11.2.